The van der Waals surface area contributed by atoms with Gasteiger partial charge in [-0.15, -0.1) is 0 Å². The molecule has 0 radical (unpaired) electrons. The Kier molecular flexibility index (Phi) is 4.27. The second-order valence-electron chi connectivity index (χ2n) is 6.37. The second-order valence-corrected chi connectivity index (χ2v) is 6.37. The van der Waals surface area contributed by atoms with Gasteiger partial charge < -0.3 is 15.2 Å². The van der Waals surface area contributed by atoms with E-state index in [1.807, 2.05) is 12.1 Å². The van der Waals surface area contributed by atoms with Gasteiger partial charge in [0.25, 0.3) is 0 Å². The summed E-state index contributed by atoms with van der Waals surface area (Å²) in [5.74, 6) is 0.860. The molecule has 2 aliphatic rings. The van der Waals surface area contributed by atoms with E-state index in [9.17, 15) is 5.11 Å². The third-order valence-corrected chi connectivity index (χ3v) is 4.39. The molecule has 2 saturated carbocycles. The number of ether oxygens (including phenoxy) is 1. The zero-order valence-corrected chi connectivity index (χ0v) is 12.1. The molecule has 2 aliphatic carbocycles. The first-order valence-electron chi connectivity index (χ1n) is 7.91. The Labute approximate surface area is 121 Å². The molecule has 0 spiro atoms. The van der Waals surface area contributed by atoms with E-state index in [1.54, 1.807) is 0 Å². The summed E-state index contributed by atoms with van der Waals surface area (Å²) in [5, 5.41) is 13.9. The van der Waals surface area contributed by atoms with Gasteiger partial charge in [-0.3, -0.25) is 0 Å². The maximum atomic E-state index is 10.4. The number of benzene rings is 1. The van der Waals surface area contributed by atoms with Crippen LogP contribution >= 0.6 is 0 Å². The predicted molar refractivity (Wildman–Crippen MR) is 79.8 cm³/mol. The summed E-state index contributed by atoms with van der Waals surface area (Å²) in [7, 11) is 0. The highest BCUT2D eigenvalue weighted by Gasteiger charge is 2.29. The molecule has 0 heterocycles. The number of rotatable bonds is 6. The number of hydrogen-bond acceptors (Lipinski definition) is 3. The summed E-state index contributed by atoms with van der Waals surface area (Å²) in [4.78, 5) is 0. The molecule has 1 aromatic carbocycles. The van der Waals surface area contributed by atoms with Crippen molar-refractivity contribution in [1.82, 2.24) is 5.32 Å². The van der Waals surface area contributed by atoms with Gasteiger partial charge in [-0.05, 0) is 43.4 Å². The summed E-state index contributed by atoms with van der Waals surface area (Å²) in [6, 6.07) is 8.98. The van der Waals surface area contributed by atoms with Crippen LogP contribution < -0.4 is 10.1 Å². The molecule has 2 N–H and O–H groups in total. The van der Waals surface area contributed by atoms with Crippen LogP contribution in [0.25, 0.3) is 0 Å². The van der Waals surface area contributed by atoms with E-state index < -0.39 is 5.60 Å². The van der Waals surface area contributed by atoms with Crippen molar-refractivity contribution in [1.29, 1.82) is 0 Å². The third-order valence-electron chi connectivity index (χ3n) is 4.39. The summed E-state index contributed by atoms with van der Waals surface area (Å²) >= 11 is 0. The lowest BCUT2D eigenvalue weighted by Gasteiger charge is -2.31. The van der Waals surface area contributed by atoms with Gasteiger partial charge in [0.1, 0.15) is 12.4 Å². The SMILES string of the molecule is OC1(COc2ccc(CNC3CC3)cc2)CCCCC1. The summed E-state index contributed by atoms with van der Waals surface area (Å²) in [5.41, 5.74) is 0.686. The van der Waals surface area contributed by atoms with Crippen LogP contribution in [-0.4, -0.2) is 23.4 Å². The maximum absolute atomic E-state index is 10.4. The van der Waals surface area contributed by atoms with Crippen molar-refractivity contribution in [2.75, 3.05) is 6.61 Å². The molecule has 0 amide bonds. The van der Waals surface area contributed by atoms with Crippen molar-refractivity contribution in [2.24, 2.45) is 0 Å². The first-order valence-corrected chi connectivity index (χ1v) is 7.91. The molecule has 0 saturated heterocycles. The Balaban J connectivity index is 1.47. The molecule has 2 fully saturated rings. The highest BCUT2D eigenvalue weighted by Crippen LogP contribution is 2.28. The fourth-order valence-corrected chi connectivity index (χ4v) is 2.83. The van der Waals surface area contributed by atoms with Gasteiger partial charge in [0.2, 0.25) is 0 Å². The lowest BCUT2D eigenvalue weighted by Crippen LogP contribution is -2.37. The molecule has 20 heavy (non-hydrogen) atoms. The molecule has 3 heteroatoms. The highest BCUT2D eigenvalue weighted by atomic mass is 16.5. The van der Waals surface area contributed by atoms with Gasteiger partial charge in [0.05, 0.1) is 5.60 Å². The van der Waals surface area contributed by atoms with Crippen LogP contribution in [0.1, 0.15) is 50.5 Å². The minimum atomic E-state index is -0.607. The summed E-state index contributed by atoms with van der Waals surface area (Å²) in [6.45, 7) is 1.36. The minimum Gasteiger partial charge on any atom is -0.491 e. The molecule has 110 valence electrons. The quantitative estimate of drug-likeness (QED) is 0.838. The summed E-state index contributed by atoms with van der Waals surface area (Å²) in [6.07, 6.45) is 7.86. The molecule has 3 rings (SSSR count). The Morgan fingerprint density at radius 2 is 1.80 bits per heavy atom. The van der Waals surface area contributed by atoms with Crippen molar-refractivity contribution in [3.05, 3.63) is 29.8 Å². The highest BCUT2D eigenvalue weighted by molar-refractivity contribution is 5.27. The standard InChI is InChI=1S/C17H25NO2/c19-17(10-2-1-3-11-17)13-20-16-8-4-14(5-9-16)12-18-15-6-7-15/h4-5,8-9,15,18-19H,1-3,6-7,10-13H2. The van der Waals surface area contributed by atoms with Crippen LogP contribution in [0.2, 0.25) is 0 Å². The van der Waals surface area contributed by atoms with E-state index >= 15 is 0 Å². The van der Waals surface area contributed by atoms with Crippen LogP contribution in [0.4, 0.5) is 0 Å². The molecule has 0 unspecified atom stereocenters. The van der Waals surface area contributed by atoms with Crippen LogP contribution in [0, 0.1) is 0 Å². The largest absolute Gasteiger partial charge is 0.491 e. The monoisotopic (exact) mass is 275 g/mol. The van der Waals surface area contributed by atoms with E-state index in [-0.39, 0.29) is 0 Å². The van der Waals surface area contributed by atoms with Gasteiger partial charge >= 0.3 is 0 Å². The molecule has 3 nitrogen and oxygen atoms in total. The Hall–Kier alpha value is -1.06. The van der Waals surface area contributed by atoms with Crippen molar-refractivity contribution in [3.8, 4) is 5.75 Å². The van der Waals surface area contributed by atoms with Gasteiger partial charge in [-0.2, -0.15) is 0 Å². The van der Waals surface area contributed by atoms with Gasteiger partial charge in [0.15, 0.2) is 0 Å². The first kappa shape index (κ1) is 13.9. The van der Waals surface area contributed by atoms with E-state index in [2.05, 4.69) is 17.4 Å². The first-order chi connectivity index (χ1) is 9.73. The van der Waals surface area contributed by atoms with Crippen LogP contribution in [-0.2, 0) is 6.54 Å². The van der Waals surface area contributed by atoms with Gasteiger partial charge in [0, 0.05) is 12.6 Å². The number of nitrogens with one attached hydrogen (secondary N) is 1. The second kappa shape index (κ2) is 6.15. The Morgan fingerprint density at radius 3 is 2.45 bits per heavy atom. The molecule has 1 aromatic rings. The zero-order chi connectivity index (χ0) is 13.8. The van der Waals surface area contributed by atoms with E-state index in [0.29, 0.717) is 6.61 Å². The molecular formula is C17H25NO2. The average molecular weight is 275 g/mol. The fourth-order valence-electron chi connectivity index (χ4n) is 2.83. The zero-order valence-electron chi connectivity index (χ0n) is 12.1. The number of hydrogen-bond donors (Lipinski definition) is 2. The van der Waals surface area contributed by atoms with Gasteiger partial charge in [-0.25, -0.2) is 0 Å². The smallest absolute Gasteiger partial charge is 0.119 e. The summed E-state index contributed by atoms with van der Waals surface area (Å²) < 4.78 is 5.77. The van der Waals surface area contributed by atoms with E-state index in [0.717, 1.165) is 44.0 Å². The predicted octanol–water partition coefficient (Wildman–Crippen LogP) is 3.01. The minimum absolute atomic E-state index is 0.423. The molecule has 0 bridgehead atoms. The molecule has 0 aliphatic heterocycles. The van der Waals surface area contributed by atoms with Gasteiger partial charge in [-0.1, -0.05) is 31.4 Å². The molecule has 0 atom stereocenters. The lowest BCUT2D eigenvalue weighted by molar-refractivity contribution is -0.0339. The van der Waals surface area contributed by atoms with Crippen LogP contribution in [0.5, 0.6) is 5.75 Å². The number of aliphatic hydroxyl groups is 1. The van der Waals surface area contributed by atoms with Crippen LogP contribution in [0.3, 0.4) is 0 Å². The van der Waals surface area contributed by atoms with Crippen molar-refractivity contribution >= 4 is 0 Å². The topological polar surface area (TPSA) is 41.5 Å². The Morgan fingerprint density at radius 1 is 1.10 bits per heavy atom. The normalized spacial score (nSPS) is 21.6. The van der Waals surface area contributed by atoms with Crippen molar-refractivity contribution in [2.45, 2.75) is 63.1 Å². The lowest BCUT2D eigenvalue weighted by atomic mass is 9.85. The molecule has 0 aromatic heterocycles. The van der Waals surface area contributed by atoms with E-state index in [1.165, 1.54) is 24.8 Å². The maximum Gasteiger partial charge on any atom is 0.119 e. The Bertz CT molecular complexity index is 419. The third kappa shape index (κ3) is 3.97. The van der Waals surface area contributed by atoms with Crippen LogP contribution in [0.15, 0.2) is 24.3 Å². The van der Waals surface area contributed by atoms with E-state index in [4.69, 9.17) is 4.74 Å². The van der Waals surface area contributed by atoms with Crippen molar-refractivity contribution in [3.63, 3.8) is 0 Å². The fraction of sp³-hybridized carbons (Fsp3) is 0.647. The van der Waals surface area contributed by atoms with Crippen molar-refractivity contribution < 1.29 is 9.84 Å². The average Bonchev–Trinajstić information content (AvgIpc) is 3.29. The molecular weight excluding hydrogens is 250 g/mol.